The van der Waals surface area contributed by atoms with Crippen molar-refractivity contribution in [1.82, 2.24) is 4.90 Å². The van der Waals surface area contributed by atoms with E-state index in [4.69, 9.17) is 9.52 Å². The number of nitrogens with zero attached hydrogens (tertiary/aromatic N) is 1. The number of anilines is 2. The Morgan fingerprint density at radius 1 is 1.50 bits per heavy atom. The standard InChI is InChI=1S/C12H17N3O3/c16-12(17)11-10-9(7-18-11)14-8(5-13-10)6-15-3-1-2-4-15/h7-8,13-14H,1-6H2,(H,16,17). The van der Waals surface area contributed by atoms with Crippen LogP contribution in [-0.2, 0) is 0 Å². The maximum absolute atomic E-state index is 10.9. The second kappa shape index (κ2) is 4.53. The summed E-state index contributed by atoms with van der Waals surface area (Å²) < 4.78 is 5.06. The van der Waals surface area contributed by atoms with Crippen LogP contribution < -0.4 is 10.6 Å². The molecule has 6 heteroatoms. The summed E-state index contributed by atoms with van der Waals surface area (Å²) in [5, 5.41) is 15.4. The Morgan fingerprint density at radius 2 is 2.28 bits per heavy atom. The average Bonchev–Trinajstić information content (AvgIpc) is 2.97. The van der Waals surface area contributed by atoms with Gasteiger partial charge in [-0.2, -0.15) is 0 Å². The van der Waals surface area contributed by atoms with Gasteiger partial charge in [0.1, 0.15) is 12.0 Å². The van der Waals surface area contributed by atoms with E-state index in [1.807, 2.05) is 0 Å². The monoisotopic (exact) mass is 251 g/mol. The molecule has 2 aliphatic rings. The molecule has 0 aliphatic carbocycles. The van der Waals surface area contributed by atoms with Gasteiger partial charge in [0.05, 0.1) is 11.7 Å². The molecule has 1 aromatic heterocycles. The number of likely N-dealkylation sites (tertiary alicyclic amines) is 1. The summed E-state index contributed by atoms with van der Waals surface area (Å²) in [4.78, 5) is 13.4. The van der Waals surface area contributed by atoms with Crippen LogP contribution in [-0.4, -0.2) is 48.2 Å². The predicted molar refractivity (Wildman–Crippen MR) is 67.2 cm³/mol. The molecule has 1 fully saturated rings. The van der Waals surface area contributed by atoms with E-state index in [1.165, 1.54) is 19.1 Å². The van der Waals surface area contributed by atoms with Crippen LogP contribution in [0.3, 0.4) is 0 Å². The maximum Gasteiger partial charge on any atom is 0.374 e. The van der Waals surface area contributed by atoms with Gasteiger partial charge in [-0.25, -0.2) is 4.79 Å². The van der Waals surface area contributed by atoms with Gasteiger partial charge in [0, 0.05) is 13.1 Å². The summed E-state index contributed by atoms with van der Waals surface area (Å²) in [5.74, 6) is -1.05. The number of carboxylic acid groups (broad SMARTS) is 1. The van der Waals surface area contributed by atoms with Crippen molar-refractivity contribution in [2.75, 3.05) is 36.8 Å². The van der Waals surface area contributed by atoms with Crippen LogP contribution in [0, 0.1) is 0 Å². The van der Waals surface area contributed by atoms with Crippen molar-refractivity contribution in [2.45, 2.75) is 18.9 Å². The first-order valence-electron chi connectivity index (χ1n) is 6.31. The number of hydrogen-bond donors (Lipinski definition) is 3. The van der Waals surface area contributed by atoms with Crippen molar-refractivity contribution >= 4 is 17.3 Å². The lowest BCUT2D eigenvalue weighted by molar-refractivity contribution is 0.0664. The minimum absolute atomic E-state index is 0.0166. The van der Waals surface area contributed by atoms with Gasteiger partial charge in [-0.1, -0.05) is 0 Å². The maximum atomic E-state index is 10.9. The fourth-order valence-electron chi connectivity index (χ4n) is 2.68. The van der Waals surface area contributed by atoms with Crippen LogP contribution in [0.5, 0.6) is 0 Å². The molecule has 0 bridgehead atoms. The first kappa shape index (κ1) is 11.4. The van der Waals surface area contributed by atoms with E-state index in [-0.39, 0.29) is 5.76 Å². The highest BCUT2D eigenvalue weighted by molar-refractivity contribution is 5.95. The third-order valence-corrected chi connectivity index (χ3v) is 3.55. The van der Waals surface area contributed by atoms with Gasteiger partial charge in [0.25, 0.3) is 0 Å². The Kier molecular flexibility index (Phi) is 2.87. The van der Waals surface area contributed by atoms with Crippen LogP contribution >= 0.6 is 0 Å². The first-order valence-corrected chi connectivity index (χ1v) is 6.31. The molecule has 0 aromatic carbocycles. The van der Waals surface area contributed by atoms with Gasteiger partial charge in [-0.05, 0) is 25.9 Å². The predicted octanol–water partition coefficient (Wildman–Crippen LogP) is 1.28. The number of rotatable bonds is 3. The number of aromatic carboxylic acids is 1. The van der Waals surface area contributed by atoms with Crippen LogP contribution in [0.1, 0.15) is 23.4 Å². The normalized spacial score (nSPS) is 23.2. The molecule has 18 heavy (non-hydrogen) atoms. The molecule has 1 aromatic rings. The zero-order valence-corrected chi connectivity index (χ0v) is 10.1. The lowest BCUT2D eigenvalue weighted by Gasteiger charge is -2.29. The molecule has 0 saturated carbocycles. The fourth-order valence-corrected chi connectivity index (χ4v) is 2.68. The molecule has 0 spiro atoms. The summed E-state index contributed by atoms with van der Waals surface area (Å²) in [7, 11) is 0. The van der Waals surface area contributed by atoms with E-state index in [1.54, 1.807) is 0 Å². The molecule has 1 saturated heterocycles. The van der Waals surface area contributed by atoms with E-state index < -0.39 is 5.97 Å². The summed E-state index contributed by atoms with van der Waals surface area (Å²) in [5.41, 5.74) is 1.32. The molecular weight excluding hydrogens is 234 g/mol. The fraction of sp³-hybridized carbons (Fsp3) is 0.583. The second-order valence-corrected chi connectivity index (χ2v) is 4.89. The van der Waals surface area contributed by atoms with Crippen LogP contribution in [0.4, 0.5) is 11.4 Å². The lowest BCUT2D eigenvalue weighted by atomic mass is 10.2. The summed E-state index contributed by atoms with van der Waals surface area (Å²) in [6.45, 7) is 4.04. The molecule has 0 radical (unpaired) electrons. The Bertz CT molecular complexity index is 451. The van der Waals surface area contributed by atoms with Crippen molar-refractivity contribution in [2.24, 2.45) is 0 Å². The molecule has 98 valence electrons. The number of nitrogens with one attached hydrogen (secondary N) is 2. The SMILES string of the molecule is O=C(O)c1occ2c1NCC(CN1CCCC1)N2. The Morgan fingerprint density at radius 3 is 3.00 bits per heavy atom. The van der Waals surface area contributed by atoms with Gasteiger partial charge in [-0.15, -0.1) is 0 Å². The Labute approximate surface area is 105 Å². The van der Waals surface area contributed by atoms with E-state index in [9.17, 15) is 4.79 Å². The summed E-state index contributed by atoms with van der Waals surface area (Å²) in [6.07, 6.45) is 4.03. The van der Waals surface area contributed by atoms with Gasteiger partial charge in [-0.3, -0.25) is 0 Å². The largest absolute Gasteiger partial charge is 0.475 e. The van der Waals surface area contributed by atoms with Crippen LogP contribution in [0.25, 0.3) is 0 Å². The molecule has 3 heterocycles. The topological polar surface area (TPSA) is 77.7 Å². The third-order valence-electron chi connectivity index (χ3n) is 3.55. The smallest absolute Gasteiger partial charge is 0.374 e. The summed E-state index contributed by atoms with van der Waals surface area (Å²) >= 11 is 0. The molecule has 3 rings (SSSR count). The van der Waals surface area contributed by atoms with Crippen molar-refractivity contribution < 1.29 is 14.3 Å². The molecule has 3 N–H and O–H groups in total. The second-order valence-electron chi connectivity index (χ2n) is 4.89. The Balaban J connectivity index is 1.67. The van der Waals surface area contributed by atoms with Crippen LogP contribution in [0.15, 0.2) is 10.7 Å². The first-order chi connectivity index (χ1) is 8.74. The van der Waals surface area contributed by atoms with Gasteiger partial charge >= 0.3 is 5.97 Å². The highest BCUT2D eigenvalue weighted by atomic mass is 16.4. The average molecular weight is 251 g/mol. The Hall–Kier alpha value is -1.69. The molecule has 1 atom stereocenters. The van der Waals surface area contributed by atoms with E-state index in [2.05, 4.69) is 15.5 Å². The van der Waals surface area contributed by atoms with Crippen molar-refractivity contribution in [3.05, 3.63) is 12.0 Å². The molecular formula is C12H17N3O3. The quantitative estimate of drug-likeness (QED) is 0.751. The van der Waals surface area contributed by atoms with E-state index in [0.29, 0.717) is 11.7 Å². The highest BCUT2D eigenvalue weighted by Crippen LogP contribution is 2.32. The van der Waals surface area contributed by atoms with Crippen molar-refractivity contribution in [3.8, 4) is 0 Å². The number of hydrogen-bond acceptors (Lipinski definition) is 5. The van der Waals surface area contributed by atoms with Gasteiger partial charge < -0.3 is 25.1 Å². The van der Waals surface area contributed by atoms with Crippen molar-refractivity contribution in [1.29, 1.82) is 0 Å². The van der Waals surface area contributed by atoms with E-state index >= 15 is 0 Å². The minimum atomic E-state index is -1.04. The van der Waals surface area contributed by atoms with Crippen molar-refractivity contribution in [3.63, 3.8) is 0 Å². The number of furan rings is 1. The lowest BCUT2D eigenvalue weighted by Crippen LogP contribution is -2.42. The third kappa shape index (κ3) is 2.03. The number of carbonyl (C=O) groups is 1. The zero-order valence-electron chi connectivity index (χ0n) is 10.1. The highest BCUT2D eigenvalue weighted by Gasteiger charge is 2.27. The summed E-state index contributed by atoms with van der Waals surface area (Å²) in [6, 6.07) is 0.301. The van der Waals surface area contributed by atoms with Gasteiger partial charge in [0.15, 0.2) is 0 Å². The molecule has 1 unspecified atom stereocenters. The molecule has 0 amide bonds. The minimum Gasteiger partial charge on any atom is -0.475 e. The van der Waals surface area contributed by atoms with E-state index in [0.717, 1.165) is 31.9 Å². The molecule has 6 nitrogen and oxygen atoms in total. The van der Waals surface area contributed by atoms with Crippen LogP contribution in [0.2, 0.25) is 0 Å². The zero-order chi connectivity index (χ0) is 12.5. The van der Waals surface area contributed by atoms with Gasteiger partial charge in [0.2, 0.25) is 5.76 Å². The number of fused-ring (bicyclic) bond motifs is 1. The number of carboxylic acids is 1. The molecule has 2 aliphatic heterocycles.